The quantitative estimate of drug-likeness (QED) is 0.213. The second kappa shape index (κ2) is 9.40. The van der Waals surface area contributed by atoms with E-state index >= 15 is 0 Å². The molecule has 1 aromatic heterocycles. The third-order valence-corrected chi connectivity index (χ3v) is 8.65. The van der Waals surface area contributed by atoms with Crippen molar-refractivity contribution in [3.63, 3.8) is 0 Å². The summed E-state index contributed by atoms with van der Waals surface area (Å²) >= 11 is 0. The van der Waals surface area contributed by atoms with Crippen molar-refractivity contribution in [3.8, 4) is 0 Å². The fourth-order valence-electron chi connectivity index (χ4n) is 4.84. The number of nitrogens with zero attached hydrogens (tertiary/aromatic N) is 2. The number of carbonyl (C=O) groups excluding carboxylic acids is 1. The third kappa shape index (κ3) is 4.58. The molecule has 1 aliphatic carbocycles. The van der Waals surface area contributed by atoms with Crippen LogP contribution in [0.25, 0.3) is 11.0 Å². The van der Waals surface area contributed by atoms with Gasteiger partial charge in [-0.15, -0.1) is 0 Å². The number of nitro benzene ring substituents is 1. The van der Waals surface area contributed by atoms with Gasteiger partial charge in [-0.1, -0.05) is 39.0 Å². The highest BCUT2D eigenvalue weighted by atomic mass is 32.2. The summed E-state index contributed by atoms with van der Waals surface area (Å²) in [5.41, 5.74) is 2.15. The summed E-state index contributed by atoms with van der Waals surface area (Å²) in [6.07, 6.45) is 3.65. The highest BCUT2D eigenvalue weighted by Gasteiger charge is 2.33. The largest absolute Gasteiger partial charge is 0.461 e. The Morgan fingerprint density at radius 2 is 1.68 bits per heavy atom. The van der Waals surface area contributed by atoms with Crippen LogP contribution in [-0.2, 0) is 28.3 Å². The Hall–Kier alpha value is -3.98. The SMILES string of the molecule is CC(C)(C)c1ccc(S(=O)(=O)N(C(=O)c2cccc([N+](=O)[O-])c2)c2ccc3oc4c(c3c2)CCCC4)cc1. The van der Waals surface area contributed by atoms with Crippen molar-refractivity contribution in [3.05, 3.63) is 99.3 Å². The summed E-state index contributed by atoms with van der Waals surface area (Å²) in [5.74, 6) is 0.00546. The number of sulfonamides is 1. The molecule has 9 heteroatoms. The van der Waals surface area contributed by atoms with E-state index in [9.17, 15) is 23.3 Å². The van der Waals surface area contributed by atoms with Crippen LogP contribution in [-0.4, -0.2) is 19.2 Å². The summed E-state index contributed by atoms with van der Waals surface area (Å²) in [6.45, 7) is 6.07. The first kappa shape index (κ1) is 25.7. The number of amides is 1. The van der Waals surface area contributed by atoms with Gasteiger partial charge in [-0.2, -0.15) is 4.31 Å². The van der Waals surface area contributed by atoms with Crippen molar-refractivity contribution in [2.45, 2.75) is 56.8 Å². The van der Waals surface area contributed by atoms with E-state index in [0.717, 1.165) is 58.3 Å². The van der Waals surface area contributed by atoms with Gasteiger partial charge < -0.3 is 4.42 Å². The van der Waals surface area contributed by atoms with Crippen LogP contribution in [0.15, 0.2) is 76.0 Å². The van der Waals surface area contributed by atoms with E-state index in [1.54, 1.807) is 24.3 Å². The summed E-state index contributed by atoms with van der Waals surface area (Å²) in [5, 5.41) is 12.1. The molecule has 0 saturated heterocycles. The van der Waals surface area contributed by atoms with Gasteiger partial charge in [0.1, 0.15) is 11.3 Å². The van der Waals surface area contributed by atoms with Crippen LogP contribution in [0.5, 0.6) is 0 Å². The van der Waals surface area contributed by atoms with Crippen molar-refractivity contribution < 1.29 is 22.6 Å². The zero-order valence-electron chi connectivity index (χ0n) is 21.4. The molecular formula is C29H28N2O6S. The van der Waals surface area contributed by atoms with Crippen LogP contribution in [0.3, 0.4) is 0 Å². The number of non-ortho nitro benzene ring substituents is 1. The molecule has 0 aliphatic heterocycles. The molecule has 38 heavy (non-hydrogen) atoms. The Morgan fingerprint density at radius 1 is 0.974 bits per heavy atom. The Kier molecular flexibility index (Phi) is 6.35. The van der Waals surface area contributed by atoms with Gasteiger partial charge in [0.15, 0.2) is 0 Å². The van der Waals surface area contributed by atoms with E-state index in [0.29, 0.717) is 5.58 Å². The van der Waals surface area contributed by atoms with Crippen LogP contribution in [0, 0.1) is 10.1 Å². The third-order valence-electron chi connectivity index (χ3n) is 6.92. The molecular weight excluding hydrogens is 504 g/mol. The summed E-state index contributed by atoms with van der Waals surface area (Å²) < 4.78 is 34.8. The van der Waals surface area contributed by atoms with Gasteiger partial charge in [0.25, 0.3) is 21.6 Å². The summed E-state index contributed by atoms with van der Waals surface area (Å²) in [7, 11) is -4.39. The predicted octanol–water partition coefficient (Wildman–Crippen LogP) is 6.55. The van der Waals surface area contributed by atoms with E-state index in [1.807, 2.05) is 20.8 Å². The number of carbonyl (C=O) groups is 1. The zero-order chi connectivity index (χ0) is 27.2. The molecule has 0 atom stereocenters. The Balaban J connectivity index is 1.67. The van der Waals surface area contributed by atoms with Crippen LogP contribution >= 0.6 is 0 Å². The molecule has 0 fully saturated rings. The Bertz CT molecular complexity index is 1660. The Labute approximate surface area is 221 Å². The molecule has 0 unspecified atom stereocenters. The van der Waals surface area contributed by atoms with E-state index in [-0.39, 0.29) is 27.2 Å². The molecule has 0 bridgehead atoms. The molecule has 1 amide bonds. The fourth-order valence-corrected chi connectivity index (χ4v) is 6.25. The average Bonchev–Trinajstić information content (AvgIpc) is 3.26. The van der Waals surface area contributed by atoms with Crippen molar-refractivity contribution >= 4 is 38.3 Å². The molecule has 0 radical (unpaired) electrons. The maximum atomic E-state index is 14.0. The van der Waals surface area contributed by atoms with Gasteiger partial charge in [-0.3, -0.25) is 14.9 Å². The average molecular weight is 533 g/mol. The van der Waals surface area contributed by atoms with Gasteiger partial charge >= 0.3 is 0 Å². The van der Waals surface area contributed by atoms with Gasteiger partial charge in [0, 0.05) is 35.1 Å². The molecule has 4 aromatic rings. The topological polar surface area (TPSA) is 111 Å². The minimum Gasteiger partial charge on any atom is -0.461 e. The van der Waals surface area contributed by atoms with Crippen molar-refractivity contribution in [1.29, 1.82) is 0 Å². The number of aryl methyl sites for hydroxylation is 2. The molecule has 0 saturated carbocycles. The van der Waals surface area contributed by atoms with Crippen molar-refractivity contribution in [2.75, 3.05) is 4.31 Å². The van der Waals surface area contributed by atoms with Gasteiger partial charge in [-0.25, -0.2) is 8.42 Å². The van der Waals surface area contributed by atoms with E-state index < -0.39 is 20.9 Å². The normalized spacial score (nSPS) is 13.8. The number of hydrogen-bond donors (Lipinski definition) is 0. The lowest BCUT2D eigenvalue weighted by molar-refractivity contribution is -0.384. The second-order valence-corrected chi connectivity index (χ2v) is 12.3. The van der Waals surface area contributed by atoms with Gasteiger partial charge in [0.2, 0.25) is 0 Å². The molecule has 3 aromatic carbocycles. The highest BCUT2D eigenvalue weighted by Crippen LogP contribution is 2.36. The molecule has 1 aliphatic rings. The van der Waals surface area contributed by atoms with Crippen LogP contribution in [0.4, 0.5) is 11.4 Å². The van der Waals surface area contributed by atoms with Crippen LogP contribution < -0.4 is 4.31 Å². The standard InChI is InChI=1S/C29H28N2O6S/c1-29(2,3)20-11-14-23(15-12-20)38(35,36)30(28(32)19-7-6-8-22(17-19)31(33)34)21-13-16-27-25(18-21)24-9-4-5-10-26(24)37-27/h6-8,11-18H,4-5,9-10H2,1-3H3. The zero-order valence-corrected chi connectivity index (χ0v) is 22.2. The minimum absolute atomic E-state index is 0.0569. The lowest BCUT2D eigenvalue weighted by atomic mass is 9.87. The summed E-state index contributed by atoms with van der Waals surface area (Å²) in [4.78, 5) is 24.5. The number of hydrogen-bond acceptors (Lipinski definition) is 6. The number of nitro groups is 1. The van der Waals surface area contributed by atoms with E-state index in [2.05, 4.69) is 0 Å². The number of rotatable bonds is 5. The Morgan fingerprint density at radius 3 is 2.37 bits per heavy atom. The first-order chi connectivity index (χ1) is 18.0. The van der Waals surface area contributed by atoms with Gasteiger partial charge in [-0.05, 0) is 66.6 Å². The molecule has 0 N–H and O–H groups in total. The monoisotopic (exact) mass is 532 g/mol. The summed E-state index contributed by atoms with van der Waals surface area (Å²) in [6, 6.07) is 16.4. The first-order valence-electron chi connectivity index (χ1n) is 12.5. The van der Waals surface area contributed by atoms with Crippen LogP contribution in [0.2, 0.25) is 0 Å². The smallest absolute Gasteiger partial charge is 0.272 e. The maximum Gasteiger partial charge on any atom is 0.272 e. The van der Waals surface area contributed by atoms with E-state index in [1.165, 1.54) is 36.4 Å². The highest BCUT2D eigenvalue weighted by molar-refractivity contribution is 7.93. The van der Waals surface area contributed by atoms with Crippen molar-refractivity contribution in [2.24, 2.45) is 0 Å². The number of furan rings is 1. The molecule has 1 heterocycles. The first-order valence-corrected chi connectivity index (χ1v) is 13.9. The number of anilines is 1. The minimum atomic E-state index is -4.39. The molecule has 8 nitrogen and oxygen atoms in total. The molecule has 5 rings (SSSR count). The second-order valence-electron chi connectivity index (χ2n) is 10.5. The number of benzene rings is 3. The van der Waals surface area contributed by atoms with Gasteiger partial charge in [0.05, 0.1) is 15.5 Å². The van der Waals surface area contributed by atoms with Crippen molar-refractivity contribution in [1.82, 2.24) is 0 Å². The molecule has 196 valence electrons. The van der Waals surface area contributed by atoms with Crippen LogP contribution in [0.1, 0.15) is 60.9 Å². The predicted molar refractivity (Wildman–Crippen MR) is 145 cm³/mol. The lowest BCUT2D eigenvalue weighted by Crippen LogP contribution is -2.37. The molecule has 0 spiro atoms. The maximum absolute atomic E-state index is 14.0. The van der Waals surface area contributed by atoms with E-state index in [4.69, 9.17) is 4.42 Å². The lowest BCUT2D eigenvalue weighted by Gasteiger charge is -2.24. The fraction of sp³-hybridized carbons (Fsp3) is 0.276. The number of fused-ring (bicyclic) bond motifs is 3.